The van der Waals surface area contributed by atoms with Gasteiger partial charge in [0.05, 0.1) is 7.11 Å². The summed E-state index contributed by atoms with van der Waals surface area (Å²) in [6, 6.07) is -1.08. The number of nitrogens with two attached hydrogens (primary N) is 1. The molecule has 4 N–H and O–H groups in total. The summed E-state index contributed by atoms with van der Waals surface area (Å²) in [4.78, 5) is 33.7. The van der Waals surface area contributed by atoms with Crippen molar-refractivity contribution in [2.24, 2.45) is 11.7 Å². The number of carbonyl (C=O) groups excluding carboxylic acids is 2. The number of carboxylic acids is 1. The fraction of sp³-hybridized carbons (Fsp3) is 0.750. The maximum Gasteiger partial charge on any atom is 0.326 e. The third kappa shape index (κ3) is 7.40. The maximum atomic E-state index is 11.7. The molecule has 1 amide bonds. The molecule has 7 heteroatoms. The van der Waals surface area contributed by atoms with Crippen LogP contribution in [0.25, 0.3) is 0 Å². The summed E-state index contributed by atoms with van der Waals surface area (Å²) >= 11 is 0. The first-order valence-corrected chi connectivity index (χ1v) is 6.22. The number of amides is 1. The number of nitrogens with one attached hydrogen (secondary N) is 1. The predicted octanol–water partition coefficient (Wildman–Crippen LogP) is -0.116. The zero-order valence-electron chi connectivity index (χ0n) is 11.3. The van der Waals surface area contributed by atoms with Crippen LogP contribution in [0.3, 0.4) is 0 Å². The highest BCUT2D eigenvalue weighted by Gasteiger charge is 2.23. The second-order valence-electron chi connectivity index (χ2n) is 4.35. The molecule has 0 aromatic carbocycles. The van der Waals surface area contributed by atoms with Crippen LogP contribution in [-0.2, 0) is 19.1 Å². The molecular formula is C12H22N2O5. The number of hydrogen-bond acceptors (Lipinski definition) is 5. The van der Waals surface area contributed by atoms with Crippen LogP contribution in [-0.4, -0.2) is 42.6 Å². The van der Waals surface area contributed by atoms with E-state index in [2.05, 4.69) is 10.1 Å². The molecule has 2 unspecified atom stereocenters. The monoisotopic (exact) mass is 274 g/mol. The van der Waals surface area contributed by atoms with Crippen molar-refractivity contribution in [1.82, 2.24) is 5.32 Å². The van der Waals surface area contributed by atoms with Gasteiger partial charge in [0.25, 0.3) is 0 Å². The lowest BCUT2D eigenvalue weighted by Crippen LogP contribution is -2.43. The van der Waals surface area contributed by atoms with Gasteiger partial charge in [0.1, 0.15) is 6.04 Å². The zero-order valence-corrected chi connectivity index (χ0v) is 11.3. The van der Waals surface area contributed by atoms with E-state index in [1.54, 1.807) is 6.92 Å². The van der Waals surface area contributed by atoms with Crippen LogP contribution >= 0.6 is 0 Å². The fourth-order valence-corrected chi connectivity index (χ4v) is 1.49. The summed E-state index contributed by atoms with van der Waals surface area (Å²) in [6.45, 7) is 2.20. The summed E-state index contributed by atoms with van der Waals surface area (Å²) in [5, 5.41) is 11.4. The van der Waals surface area contributed by atoms with E-state index >= 15 is 0 Å². The number of esters is 1. The van der Waals surface area contributed by atoms with Gasteiger partial charge in [0.2, 0.25) is 5.91 Å². The molecule has 7 nitrogen and oxygen atoms in total. The van der Waals surface area contributed by atoms with Gasteiger partial charge in [-0.3, -0.25) is 9.59 Å². The summed E-state index contributed by atoms with van der Waals surface area (Å²) in [5.41, 5.74) is 5.35. The molecule has 0 aromatic rings. The van der Waals surface area contributed by atoms with Gasteiger partial charge in [0.15, 0.2) is 0 Å². The molecule has 0 saturated carbocycles. The molecular weight excluding hydrogens is 252 g/mol. The molecule has 19 heavy (non-hydrogen) atoms. The minimum atomic E-state index is -1.16. The number of carbonyl (C=O) groups is 3. The van der Waals surface area contributed by atoms with Crippen molar-refractivity contribution in [2.45, 2.75) is 38.6 Å². The average Bonchev–Trinajstić information content (AvgIpc) is 2.39. The SMILES string of the molecule is COC(=O)CCC(NC(=O)C(C)CCCN)C(=O)O. The molecule has 0 radical (unpaired) electrons. The van der Waals surface area contributed by atoms with E-state index in [1.165, 1.54) is 7.11 Å². The van der Waals surface area contributed by atoms with Gasteiger partial charge >= 0.3 is 11.9 Å². The lowest BCUT2D eigenvalue weighted by Gasteiger charge is -2.17. The zero-order chi connectivity index (χ0) is 14.8. The average molecular weight is 274 g/mol. The van der Waals surface area contributed by atoms with Crippen LogP contribution in [0.4, 0.5) is 0 Å². The van der Waals surface area contributed by atoms with Crippen molar-refractivity contribution >= 4 is 17.8 Å². The molecule has 0 aliphatic rings. The summed E-state index contributed by atoms with van der Waals surface area (Å²) < 4.78 is 4.43. The quantitative estimate of drug-likeness (QED) is 0.504. The lowest BCUT2D eigenvalue weighted by atomic mass is 10.0. The molecule has 0 aromatic heterocycles. The Bertz CT molecular complexity index is 319. The standard InChI is InChI=1S/C12H22N2O5/c1-8(4-3-7-13)11(16)14-9(12(17)18)5-6-10(15)19-2/h8-9H,3-7,13H2,1-2H3,(H,14,16)(H,17,18). The highest BCUT2D eigenvalue weighted by molar-refractivity contribution is 5.85. The molecule has 110 valence electrons. The molecule has 0 bridgehead atoms. The third-order valence-corrected chi connectivity index (χ3v) is 2.77. The van der Waals surface area contributed by atoms with Gasteiger partial charge in [-0.15, -0.1) is 0 Å². The number of ether oxygens (including phenoxy) is 1. The van der Waals surface area contributed by atoms with E-state index in [1.807, 2.05) is 0 Å². The van der Waals surface area contributed by atoms with Gasteiger partial charge in [-0.2, -0.15) is 0 Å². The Morgan fingerprint density at radius 3 is 2.42 bits per heavy atom. The van der Waals surface area contributed by atoms with Crippen molar-refractivity contribution in [1.29, 1.82) is 0 Å². The molecule has 0 fully saturated rings. The van der Waals surface area contributed by atoms with E-state index in [-0.39, 0.29) is 24.7 Å². The highest BCUT2D eigenvalue weighted by Crippen LogP contribution is 2.07. The first-order chi connectivity index (χ1) is 8.92. The number of methoxy groups -OCH3 is 1. The van der Waals surface area contributed by atoms with E-state index in [9.17, 15) is 14.4 Å². The summed E-state index contributed by atoms with van der Waals surface area (Å²) in [7, 11) is 1.23. The van der Waals surface area contributed by atoms with Crippen molar-refractivity contribution in [2.75, 3.05) is 13.7 Å². The topological polar surface area (TPSA) is 119 Å². The largest absolute Gasteiger partial charge is 0.480 e. The first kappa shape index (κ1) is 17.4. The minimum absolute atomic E-state index is 0.0113. The molecule has 2 atom stereocenters. The smallest absolute Gasteiger partial charge is 0.326 e. The third-order valence-electron chi connectivity index (χ3n) is 2.77. The van der Waals surface area contributed by atoms with E-state index < -0.39 is 18.0 Å². The predicted molar refractivity (Wildman–Crippen MR) is 68.3 cm³/mol. The van der Waals surface area contributed by atoms with Crippen molar-refractivity contribution < 1.29 is 24.2 Å². The fourth-order valence-electron chi connectivity index (χ4n) is 1.49. The van der Waals surface area contributed by atoms with Gasteiger partial charge in [-0.05, 0) is 25.8 Å². The van der Waals surface area contributed by atoms with Crippen LogP contribution < -0.4 is 11.1 Å². The number of aliphatic carboxylic acids is 1. The number of rotatable bonds is 9. The summed E-state index contributed by atoms with van der Waals surface area (Å²) in [6.07, 6.45) is 1.27. The normalized spacial score (nSPS) is 13.4. The van der Waals surface area contributed by atoms with Crippen molar-refractivity contribution in [3.05, 3.63) is 0 Å². The second kappa shape index (κ2) is 9.32. The van der Waals surface area contributed by atoms with E-state index in [0.717, 1.165) is 0 Å². The lowest BCUT2D eigenvalue weighted by molar-refractivity contribution is -0.144. The van der Waals surface area contributed by atoms with Crippen LogP contribution in [0.1, 0.15) is 32.6 Å². The van der Waals surface area contributed by atoms with E-state index in [4.69, 9.17) is 10.8 Å². The Hall–Kier alpha value is -1.63. The molecule has 0 rings (SSSR count). The Morgan fingerprint density at radius 1 is 1.32 bits per heavy atom. The van der Waals surface area contributed by atoms with Gasteiger partial charge < -0.3 is 20.9 Å². The molecule has 0 heterocycles. The minimum Gasteiger partial charge on any atom is -0.480 e. The Morgan fingerprint density at radius 2 is 1.95 bits per heavy atom. The maximum absolute atomic E-state index is 11.7. The first-order valence-electron chi connectivity index (χ1n) is 6.22. The Labute approximate surface area is 112 Å². The number of carboxylic acid groups (broad SMARTS) is 1. The van der Waals surface area contributed by atoms with Crippen molar-refractivity contribution in [3.63, 3.8) is 0 Å². The summed E-state index contributed by atoms with van der Waals surface area (Å²) in [5.74, 6) is -2.31. The van der Waals surface area contributed by atoms with Crippen LogP contribution in [0, 0.1) is 5.92 Å². The Balaban J connectivity index is 4.29. The van der Waals surface area contributed by atoms with Crippen molar-refractivity contribution in [3.8, 4) is 0 Å². The Kier molecular flexibility index (Phi) is 8.52. The van der Waals surface area contributed by atoms with Gasteiger partial charge in [0, 0.05) is 12.3 Å². The van der Waals surface area contributed by atoms with E-state index in [0.29, 0.717) is 19.4 Å². The van der Waals surface area contributed by atoms with Gasteiger partial charge in [-0.1, -0.05) is 6.92 Å². The molecule has 0 saturated heterocycles. The molecule has 0 spiro atoms. The van der Waals surface area contributed by atoms with Crippen LogP contribution in [0.2, 0.25) is 0 Å². The number of hydrogen-bond donors (Lipinski definition) is 3. The van der Waals surface area contributed by atoms with Crippen LogP contribution in [0.15, 0.2) is 0 Å². The highest BCUT2D eigenvalue weighted by atomic mass is 16.5. The molecule has 0 aliphatic heterocycles. The van der Waals surface area contributed by atoms with Gasteiger partial charge in [-0.25, -0.2) is 4.79 Å². The molecule has 0 aliphatic carbocycles. The second-order valence-corrected chi connectivity index (χ2v) is 4.35. The van der Waals surface area contributed by atoms with Crippen LogP contribution in [0.5, 0.6) is 0 Å².